The van der Waals surface area contributed by atoms with Crippen molar-refractivity contribution in [3.63, 3.8) is 0 Å². The fourth-order valence-corrected chi connectivity index (χ4v) is 4.98. The van der Waals surface area contributed by atoms with E-state index in [0.717, 1.165) is 0 Å². The Balaban J connectivity index is 2.39. The topological polar surface area (TPSA) is 60.2 Å². The van der Waals surface area contributed by atoms with E-state index in [-0.39, 0.29) is 18.7 Å². The lowest BCUT2D eigenvalue weighted by Crippen LogP contribution is -2.43. The average molecular weight is 253 g/mol. The highest BCUT2D eigenvalue weighted by molar-refractivity contribution is 7.93. The molecular weight excluding hydrogens is 236 g/mol. The fraction of sp³-hybridized carbons (Fsp3) is 1.00. The molecule has 1 heterocycles. The van der Waals surface area contributed by atoms with E-state index in [4.69, 9.17) is 5.73 Å². The van der Waals surface area contributed by atoms with E-state index in [2.05, 4.69) is 0 Å². The Morgan fingerprint density at radius 1 is 1.38 bits per heavy atom. The second-order valence-corrected chi connectivity index (χ2v) is 8.20. The molecule has 2 fully saturated rings. The van der Waals surface area contributed by atoms with Crippen LogP contribution in [0.25, 0.3) is 0 Å². The van der Waals surface area contributed by atoms with Crippen molar-refractivity contribution >= 4 is 9.84 Å². The minimum absolute atomic E-state index is 0.00248. The molecule has 2 N–H and O–H groups in total. The molecule has 0 amide bonds. The molecule has 0 aromatic heterocycles. The van der Waals surface area contributed by atoms with Crippen molar-refractivity contribution in [2.24, 2.45) is 17.1 Å². The molecule has 1 saturated carbocycles. The van der Waals surface area contributed by atoms with Gasteiger partial charge >= 0.3 is 0 Å². The van der Waals surface area contributed by atoms with E-state index >= 15 is 0 Å². The summed E-state index contributed by atoms with van der Waals surface area (Å²) in [6.45, 7) is 2.96. The van der Waals surface area contributed by atoms with Crippen molar-refractivity contribution in [3.05, 3.63) is 0 Å². The van der Waals surface area contributed by atoms with Crippen LogP contribution in [-0.2, 0) is 9.84 Å². The van der Waals surface area contributed by atoms with Crippen molar-refractivity contribution in [1.29, 1.82) is 0 Å². The quantitative estimate of drug-likeness (QED) is 0.804. The van der Waals surface area contributed by atoms with Gasteiger partial charge in [-0.2, -0.15) is 0 Å². The van der Waals surface area contributed by atoms with Gasteiger partial charge in [0, 0.05) is 13.0 Å². The summed E-state index contributed by atoms with van der Waals surface area (Å²) >= 11 is 0. The Hall–Kier alpha value is -0.230. The first-order valence-corrected chi connectivity index (χ1v) is 7.06. The summed E-state index contributed by atoms with van der Waals surface area (Å²) in [4.78, 5) is 0. The molecule has 94 valence electrons. The minimum Gasteiger partial charge on any atom is -0.330 e. The Morgan fingerprint density at radius 2 is 1.88 bits per heavy atom. The van der Waals surface area contributed by atoms with Crippen LogP contribution in [0.4, 0.5) is 8.78 Å². The number of halogens is 2. The number of sulfone groups is 1. The van der Waals surface area contributed by atoms with Crippen LogP contribution in [0.2, 0.25) is 0 Å². The Morgan fingerprint density at radius 3 is 2.12 bits per heavy atom. The summed E-state index contributed by atoms with van der Waals surface area (Å²) in [5, 5.41) is 0. The second kappa shape index (κ2) is 2.96. The highest BCUT2D eigenvalue weighted by Gasteiger charge is 2.77. The maximum absolute atomic E-state index is 13.4. The predicted molar refractivity (Wildman–Crippen MR) is 57.0 cm³/mol. The Bertz CT molecular complexity index is 419. The van der Waals surface area contributed by atoms with Crippen molar-refractivity contribution in [1.82, 2.24) is 0 Å². The van der Waals surface area contributed by atoms with E-state index in [9.17, 15) is 17.2 Å². The van der Waals surface area contributed by atoms with Crippen LogP contribution in [-0.4, -0.2) is 31.4 Å². The summed E-state index contributed by atoms with van der Waals surface area (Å²) in [7, 11) is -3.27. The lowest BCUT2D eigenvalue weighted by molar-refractivity contribution is 0.0351. The van der Waals surface area contributed by atoms with Crippen molar-refractivity contribution < 1.29 is 17.2 Å². The van der Waals surface area contributed by atoms with Gasteiger partial charge < -0.3 is 5.73 Å². The van der Waals surface area contributed by atoms with Crippen LogP contribution in [0.1, 0.15) is 26.7 Å². The van der Waals surface area contributed by atoms with Gasteiger partial charge in [-0.05, 0) is 26.2 Å². The van der Waals surface area contributed by atoms with Gasteiger partial charge in [0.2, 0.25) is 0 Å². The molecule has 2 rings (SSSR count). The van der Waals surface area contributed by atoms with E-state index in [1.54, 1.807) is 13.8 Å². The van der Waals surface area contributed by atoms with Gasteiger partial charge in [-0.1, -0.05) is 0 Å². The molecule has 0 spiro atoms. The van der Waals surface area contributed by atoms with Crippen molar-refractivity contribution in [2.75, 3.05) is 12.3 Å². The van der Waals surface area contributed by atoms with Crippen LogP contribution in [0.15, 0.2) is 0 Å². The summed E-state index contributed by atoms with van der Waals surface area (Å²) in [5.41, 5.74) is 4.18. The van der Waals surface area contributed by atoms with Gasteiger partial charge in [0.25, 0.3) is 5.92 Å². The molecule has 6 heteroatoms. The maximum atomic E-state index is 13.4. The molecule has 0 aromatic rings. The summed E-state index contributed by atoms with van der Waals surface area (Å²) in [6, 6.07) is 0. The first-order valence-electron chi connectivity index (χ1n) is 5.41. The smallest absolute Gasteiger partial charge is 0.256 e. The normalized spacial score (nSPS) is 43.2. The largest absolute Gasteiger partial charge is 0.330 e. The molecule has 3 nitrogen and oxygen atoms in total. The second-order valence-electron chi connectivity index (χ2n) is 5.51. The average Bonchev–Trinajstić information content (AvgIpc) is 2.60. The molecule has 1 aliphatic carbocycles. The van der Waals surface area contributed by atoms with Gasteiger partial charge in [0.1, 0.15) is 0 Å². The zero-order valence-corrected chi connectivity index (χ0v) is 10.3. The molecule has 1 aliphatic heterocycles. The maximum Gasteiger partial charge on any atom is 0.256 e. The predicted octanol–water partition coefficient (Wildman–Crippen LogP) is 1.18. The third-order valence-electron chi connectivity index (χ3n) is 4.49. The molecule has 0 bridgehead atoms. The summed E-state index contributed by atoms with van der Waals surface area (Å²) in [5.74, 6) is -3.31. The zero-order valence-electron chi connectivity index (χ0n) is 9.46. The van der Waals surface area contributed by atoms with E-state index < -0.39 is 31.8 Å². The first-order chi connectivity index (χ1) is 7.11. The highest BCUT2D eigenvalue weighted by Crippen LogP contribution is 2.68. The summed E-state index contributed by atoms with van der Waals surface area (Å²) < 4.78 is 49.4. The van der Waals surface area contributed by atoms with Gasteiger partial charge in [0.05, 0.1) is 15.9 Å². The number of nitrogens with two attached hydrogens (primary N) is 1. The third kappa shape index (κ3) is 1.23. The standard InChI is InChI=1S/C10H17F2NO2S/c1-8(2)7(3-4-16(8,14)15)9(6-13)5-10(9,11)12/h7H,3-6,13H2,1-2H3. The molecular formula is C10H17F2NO2S. The van der Waals surface area contributed by atoms with Crippen molar-refractivity contribution in [2.45, 2.75) is 37.4 Å². The molecule has 0 radical (unpaired) electrons. The SMILES string of the molecule is CC1(C)C(C2(CN)CC2(F)F)CCS1(=O)=O. The highest BCUT2D eigenvalue weighted by atomic mass is 32.2. The molecule has 0 aromatic carbocycles. The zero-order chi connectivity index (χ0) is 12.4. The molecule has 16 heavy (non-hydrogen) atoms. The number of hydrogen-bond donors (Lipinski definition) is 1. The molecule has 2 atom stereocenters. The van der Waals surface area contributed by atoms with E-state index in [0.29, 0.717) is 6.42 Å². The number of hydrogen-bond acceptors (Lipinski definition) is 3. The van der Waals surface area contributed by atoms with Crippen LogP contribution >= 0.6 is 0 Å². The Kier molecular flexibility index (Phi) is 2.26. The number of rotatable bonds is 2. The van der Waals surface area contributed by atoms with Gasteiger partial charge in [-0.25, -0.2) is 17.2 Å². The Labute approximate surface area is 94.3 Å². The number of alkyl halides is 2. The molecule has 1 saturated heterocycles. The lowest BCUT2D eigenvalue weighted by atomic mass is 9.78. The lowest BCUT2D eigenvalue weighted by Gasteiger charge is -2.32. The monoisotopic (exact) mass is 253 g/mol. The fourth-order valence-electron chi connectivity index (χ4n) is 3.14. The summed E-state index contributed by atoms with van der Waals surface area (Å²) in [6.07, 6.45) is 0.0439. The van der Waals surface area contributed by atoms with Gasteiger partial charge in [-0.15, -0.1) is 0 Å². The molecule has 2 unspecified atom stereocenters. The van der Waals surface area contributed by atoms with Crippen LogP contribution < -0.4 is 5.73 Å². The van der Waals surface area contributed by atoms with Gasteiger partial charge in [-0.3, -0.25) is 0 Å². The third-order valence-corrected chi connectivity index (χ3v) is 7.15. The van der Waals surface area contributed by atoms with Crippen molar-refractivity contribution in [3.8, 4) is 0 Å². The van der Waals surface area contributed by atoms with Crippen LogP contribution in [0, 0.1) is 11.3 Å². The molecule has 2 aliphatic rings. The van der Waals surface area contributed by atoms with Gasteiger partial charge in [0.15, 0.2) is 9.84 Å². The van der Waals surface area contributed by atoms with E-state index in [1.807, 2.05) is 0 Å². The van der Waals surface area contributed by atoms with Crippen LogP contribution in [0.5, 0.6) is 0 Å². The first kappa shape index (κ1) is 12.2. The van der Waals surface area contributed by atoms with E-state index in [1.165, 1.54) is 0 Å². The van der Waals surface area contributed by atoms with Crippen LogP contribution in [0.3, 0.4) is 0 Å². The minimum atomic E-state index is -3.27.